The molecular formula is C27H32N4O3. The number of ether oxygens (including phenoxy) is 1. The predicted molar refractivity (Wildman–Crippen MR) is 134 cm³/mol. The van der Waals surface area contributed by atoms with Gasteiger partial charge < -0.3 is 15.0 Å². The first-order valence-electron chi connectivity index (χ1n) is 11.9. The smallest absolute Gasteiger partial charge is 0.271 e. The van der Waals surface area contributed by atoms with E-state index in [4.69, 9.17) is 4.74 Å². The normalized spacial score (nSPS) is 16.6. The van der Waals surface area contributed by atoms with Gasteiger partial charge in [0.15, 0.2) is 0 Å². The molecular weight excluding hydrogens is 428 g/mol. The fourth-order valence-electron chi connectivity index (χ4n) is 4.34. The van der Waals surface area contributed by atoms with Crippen molar-refractivity contribution < 1.29 is 9.53 Å². The van der Waals surface area contributed by atoms with Crippen LogP contribution in [0, 0.1) is 5.92 Å². The topological polar surface area (TPSA) is 76.5 Å². The van der Waals surface area contributed by atoms with E-state index in [-0.39, 0.29) is 23.4 Å². The van der Waals surface area contributed by atoms with Crippen molar-refractivity contribution in [1.29, 1.82) is 0 Å². The van der Waals surface area contributed by atoms with Gasteiger partial charge in [0.05, 0.1) is 18.7 Å². The van der Waals surface area contributed by atoms with Crippen LogP contribution in [-0.2, 0) is 11.2 Å². The first-order valence-corrected chi connectivity index (χ1v) is 11.9. The summed E-state index contributed by atoms with van der Waals surface area (Å²) in [5.41, 5.74) is 1.75. The Morgan fingerprint density at radius 2 is 1.88 bits per heavy atom. The number of nitrogens with zero attached hydrogens (tertiary/aromatic N) is 3. The Labute approximate surface area is 200 Å². The van der Waals surface area contributed by atoms with Crippen molar-refractivity contribution in [1.82, 2.24) is 15.1 Å². The van der Waals surface area contributed by atoms with Crippen molar-refractivity contribution in [3.63, 3.8) is 0 Å². The van der Waals surface area contributed by atoms with E-state index < -0.39 is 0 Å². The zero-order valence-electron chi connectivity index (χ0n) is 19.8. The maximum Gasteiger partial charge on any atom is 0.271 e. The molecule has 178 valence electrons. The quantitative estimate of drug-likeness (QED) is 0.556. The van der Waals surface area contributed by atoms with E-state index in [9.17, 15) is 9.59 Å². The lowest BCUT2D eigenvalue weighted by Crippen LogP contribution is -2.46. The number of piperidine rings is 1. The highest BCUT2D eigenvalue weighted by atomic mass is 16.5. The largest absolute Gasteiger partial charge is 0.497 e. The van der Waals surface area contributed by atoms with E-state index >= 15 is 0 Å². The monoisotopic (exact) mass is 460 g/mol. The van der Waals surface area contributed by atoms with Gasteiger partial charge >= 0.3 is 0 Å². The molecule has 34 heavy (non-hydrogen) atoms. The fourth-order valence-corrected chi connectivity index (χ4v) is 4.34. The Kier molecular flexibility index (Phi) is 7.62. The van der Waals surface area contributed by atoms with E-state index in [1.807, 2.05) is 18.2 Å². The van der Waals surface area contributed by atoms with Gasteiger partial charge in [-0.15, -0.1) is 5.10 Å². The molecule has 2 heterocycles. The fraction of sp³-hybridized carbons (Fsp3) is 0.370. The number of aryl methyl sites for hydroxylation is 1. The number of hydrogen-bond acceptors (Lipinski definition) is 5. The number of carbonyl (C=O) groups excluding carboxylic acids is 1. The molecule has 1 N–H and O–H groups in total. The number of methoxy groups -OCH3 is 1. The Balaban J connectivity index is 1.39. The third-order valence-electron chi connectivity index (χ3n) is 6.32. The van der Waals surface area contributed by atoms with E-state index in [2.05, 4.69) is 34.4 Å². The molecule has 0 bridgehead atoms. The molecule has 1 amide bonds. The van der Waals surface area contributed by atoms with Crippen LogP contribution in [0.1, 0.15) is 31.7 Å². The van der Waals surface area contributed by atoms with Crippen molar-refractivity contribution >= 4 is 11.7 Å². The van der Waals surface area contributed by atoms with Crippen LogP contribution in [0.5, 0.6) is 5.75 Å². The molecule has 1 aliphatic rings. The number of amides is 1. The molecule has 0 saturated carbocycles. The summed E-state index contributed by atoms with van der Waals surface area (Å²) in [5.74, 6) is 1.41. The van der Waals surface area contributed by atoms with Crippen molar-refractivity contribution in [2.45, 2.75) is 38.6 Å². The molecule has 1 fully saturated rings. The summed E-state index contributed by atoms with van der Waals surface area (Å²) in [6.45, 7) is 3.46. The molecule has 2 atom stereocenters. The second-order valence-electron chi connectivity index (χ2n) is 8.86. The van der Waals surface area contributed by atoms with Crippen LogP contribution in [0.3, 0.4) is 0 Å². The molecule has 3 aromatic rings. The number of benzene rings is 2. The van der Waals surface area contributed by atoms with Crippen molar-refractivity contribution in [2.75, 3.05) is 25.1 Å². The third kappa shape index (κ3) is 5.84. The number of aromatic nitrogens is 2. The van der Waals surface area contributed by atoms with Gasteiger partial charge in [0.25, 0.3) is 5.56 Å². The maximum absolute atomic E-state index is 13.0. The molecule has 1 aromatic heterocycles. The van der Waals surface area contributed by atoms with Crippen LogP contribution < -0.4 is 20.5 Å². The van der Waals surface area contributed by atoms with Gasteiger partial charge in [-0.05, 0) is 68.5 Å². The molecule has 7 heteroatoms. The number of hydrogen-bond donors (Lipinski definition) is 1. The van der Waals surface area contributed by atoms with Gasteiger partial charge in [-0.2, -0.15) is 4.68 Å². The second kappa shape index (κ2) is 11.0. The molecule has 0 spiro atoms. The van der Waals surface area contributed by atoms with Crippen LogP contribution >= 0.6 is 0 Å². The van der Waals surface area contributed by atoms with E-state index in [0.717, 1.165) is 38.0 Å². The summed E-state index contributed by atoms with van der Waals surface area (Å²) < 4.78 is 6.59. The Bertz CT molecular complexity index is 1140. The Hall–Kier alpha value is -3.61. The third-order valence-corrected chi connectivity index (χ3v) is 6.32. The maximum atomic E-state index is 13.0. The highest BCUT2D eigenvalue weighted by Gasteiger charge is 2.27. The first-order chi connectivity index (χ1) is 16.5. The molecule has 0 aliphatic carbocycles. The standard InChI is InChI=1S/C27H32N4O3/c1-20(10-11-21-7-4-3-5-8-21)28-27(33)22-9-6-18-30(19-22)25-16-17-26(32)31(29-25)23-12-14-24(34-2)15-13-23/h3-5,7-8,12-17,20,22H,6,9-11,18-19H2,1-2H3,(H,28,33)/t20-,22-/m0/s1. The molecule has 1 aliphatic heterocycles. The minimum atomic E-state index is -0.201. The number of nitrogens with one attached hydrogen (secondary N) is 1. The lowest BCUT2D eigenvalue weighted by atomic mass is 9.96. The molecule has 4 rings (SSSR count). The van der Waals surface area contributed by atoms with Gasteiger partial charge in [-0.3, -0.25) is 9.59 Å². The summed E-state index contributed by atoms with van der Waals surface area (Å²) in [5, 5.41) is 7.79. The van der Waals surface area contributed by atoms with Crippen LogP contribution in [-0.4, -0.2) is 41.9 Å². The molecule has 2 aromatic carbocycles. The summed E-state index contributed by atoms with van der Waals surface area (Å²) in [6.07, 6.45) is 3.60. The van der Waals surface area contributed by atoms with Crippen LogP contribution in [0.4, 0.5) is 5.82 Å². The average Bonchev–Trinajstić information content (AvgIpc) is 2.88. The van der Waals surface area contributed by atoms with Crippen molar-refractivity contribution in [2.24, 2.45) is 5.92 Å². The average molecular weight is 461 g/mol. The zero-order chi connectivity index (χ0) is 23.9. The lowest BCUT2D eigenvalue weighted by molar-refractivity contribution is -0.125. The number of rotatable bonds is 8. The molecule has 7 nitrogen and oxygen atoms in total. The van der Waals surface area contributed by atoms with E-state index in [1.54, 1.807) is 37.4 Å². The first kappa shape index (κ1) is 23.5. The summed E-state index contributed by atoms with van der Waals surface area (Å²) in [4.78, 5) is 27.5. The van der Waals surface area contributed by atoms with Crippen LogP contribution in [0.2, 0.25) is 0 Å². The van der Waals surface area contributed by atoms with E-state index in [1.165, 1.54) is 16.3 Å². The van der Waals surface area contributed by atoms with Gasteiger partial charge in [-0.1, -0.05) is 30.3 Å². The van der Waals surface area contributed by atoms with Crippen LogP contribution in [0.15, 0.2) is 71.5 Å². The van der Waals surface area contributed by atoms with Gasteiger partial charge in [0.1, 0.15) is 11.6 Å². The second-order valence-corrected chi connectivity index (χ2v) is 8.86. The summed E-state index contributed by atoms with van der Waals surface area (Å²) in [6, 6.07) is 20.9. The van der Waals surface area contributed by atoms with Gasteiger partial charge in [-0.25, -0.2) is 0 Å². The minimum Gasteiger partial charge on any atom is -0.497 e. The Morgan fingerprint density at radius 3 is 2.62 bits per heavy atom. The molecule has 1 saturated heterocycles. The molecule has 0 radical (unpaired) electrons. The zero-order valence-corrected chi connectivity index (χ0v) is 19.8. The Morgan fingerprint density at radius 1 is 1.12 bits per heavy atom. The van der Waals surface area contributed by atoms with Crippen molar-refractivity contribution in [3.8, 4) is 11.4 Å². The highest BCUT2D eigenvalue weighted by molar-refractivity contribution is 5.79. The van der Waals surface area contributed by atoms with E-state index in [0.29, 0.717) is 18.1 Å². The number of anilines is 1. The minimum absolute atomic E-state index is 0.0914. The van der Waals surface area contributed by atoms with Crippen molar-refractivity contribution in [3.05, 3.63) is 82.6 Å². The predicted octanol–water partition coefficient (Wildman–Crippen LogP) is 3.60. The van der Waals surface area contributed by atoms with Gasteiger partial charge in [0.2, 0.25) is 5.91 Å². The summed E-state index contributed by atoms with van der Waals surface area (Å²) in [7, 11) is 1.60. The number of carbonyl (C=O) groups is 1. The van der Waals surface area contributed by atoms with Crippen LogP contribution in [0.25, 0.3) is 5.69 Å². The SMILES string of the molecule is COc1ccc(-n2nc(N3CCC[C@H](C(=O)N[C@@H](C)CCc4ccccc4)C3)ccc2=O)cc1. The van der Waals surface area contributed by atoms with Gasteiger partial charge in [0, 0.05) is 25.2 Å². The summed E-state index contributed by atoms with van der Waals surface area (Å²) >= 11 is 0. The lowest BCUT2D eigenvalue weighted by Gasteiger charge is -2.33. The highest BCUT2D eigenvalue weighted by Crippen LogP contribution is 2.22. The molecule has 0 unspecified atom stereocenters.